The molecule has 0 aliphatic carbocycles. The minimum atomic E-state index is -0.627. The van der Waals surface area contributed by atoms with Gasteiger partial charge in [-0.2, -0.15) is 0 Å². The van der Waals surface area contributed by atoms with Crippen LogP contribution < -0.4 is 10.1 Å². The molecule has 5 nitrogen and oxygen atoms in total. The largest absolute Gasteiger partial charge is 0.495 e. The minimum absolute atomic E-state index is 0.312. The van der Waals surface area contributed by atoms with E-state index in [1.165, 1.54) is 30.6 Å². The molecule has 1 aromatic heterocycles. The second-order valence-electron chi connectivity index (χ2n) is 5.62. The molecule has 0 aliphatic rings. The smallest absolute Gasteiger partial charge is 0.348 e. The predicted octanol–water partition coefficient (Wildman–Crippen LogP) is 4.15. The first-order valence-electron chi connectivity index (χ1n) is 7.77. The maximum absolute atomic E-state index is 13.2. The van der Waals surface area contributed by atoms with Crippen LogP contribution in [0.25, 0.3) is 10.1 Å². The molecule has 1 heterocycles. The molecule has 26 heavy (non-hydrogen) atoms. The van der Waals surface area contributed by atoms with Gasteiger partial charge in [-0.3, -0.25) is 4.79 Å². The molecule has 1 amide bonds. The summed E-state index contributed by atoms with van der Waals surface area (Å²) in [5.41, 5.74) is 1.46. The fourth-order valence-electron chi connectivity index (χ4n) is 2.42. The van der Waals surface area contributed by atoms with Crippen LogP contribution in [-0.2, 0) is 9.53 Å². The standard InChI is InChI=1S/C19H16FNO4S/c1-11-3-5-15(24-2)14(7-11)21-18(22)10-25-19(23)17-9-12-8-13(20)4-6-16(12)26-17/h3-9H,10H2,1-2H3,(H,21,22). The van der Waals surface area contributed by atoms with Crippen molar-refractivity contribution < 1.29 is 23.5 Å². The Morgan fingerprint density at radius 1 is 1.15 bits per heavy atom. The number of aryl methyl sites for hydroxylation is 1. The first-order valence-corrected chi connectivity index (χ1v) is 8.58. The van der Waals surface area contributed by atoms with Crippen LogP contribution in [-0.4, -0.2) is 25.6 Å². The maximum Gasteiger partial charge on any atom is 0.348 e. The van der Waals surface area contributed by atoms with Gasteiger partial charge in [0, 0.05) is 4.70 Å². The van der Waals surface area contributed by atoms with Crippen LogP contribution in [0.4, 0.5) is 10.1 Å². The topological polar surface area (TPSA) is 64.6 Å². The van der Waals surface area contributed by atoms with Crippen molar-refractivity contribution in [2.75, 3.05) is 19.0 Å². The van der Waals surface area contributed by atoms with Crippen LogP contribution in [0.3, 0.4) is 0 Å². The molecular formula is C19H16FNO4S. The Balaban J connectivity index is 1.63. The third-order valence-corrected chi connectivity index (χ3v) is 4.74. The lowest BCUT2D eigenvalue weighted by Gasteiger charge is -2.11. The SMILES string of the molecule is COc1ccc(C)cc1NC(=O)COC(=O)c1cc2cc(F)ccc2s1. The second-order valence-corrected chi connectivity index (χ2v) is 6.70. The number of amides is 1. The van der Waals surface area contributed by atoms with E-state index in [2.05, 4.69) is 5.32 Å². The van der Waals surface area contributed by atoms with Crippen LogP contribution in [0.15, 0.2) is 42.5 Å². The van der Waals surface area contributed by atoms with Crippen LogP contribution in [0, 0.1) is 12.7 Å². The summed E-state index contributed by atoms with van der Waals surface area (Å²) in [7, 11) is 1.50. The van der Waals surface area contributed by atoms with Gasteiger partial charge in [-0.05, 0) is 54.3 Å². The molecule has 0 fully saturated rings. The molecule has 7 heteroatoms. The highest BCUT2D eigenvalue weighted by Gasteiger charge is 2.15. The average Bonchev–Trinajstić information content (AvgIpc) is 3.03. The average molecular weight is 373 g/mol. The molecule has 0 bridgehead atoms. The van der Waals surface area contributed by atoms with Gasteiger partial charge in [0.1, 0.15) is 16.4 Å². The number of methoxy groups -OCH3 is 1. The zero-order valence-electron chi connectivity index (χ0n) is 14.2. The third-order valence-electron chi connectivity index (χ3n) is 3.64. The predicted molar refractivity (Wildman–Crippen MR) is 98.4 cm³/mol. The summed E-state index contributed by atoms with van der Waals surface area (Å²) in [5.74, 6) is -0.962. The molecule has 0 saturated heterocycles. The number of benzene rings is 2. The zero-order chi connectivity index (χ0) is 18.7. The minimum Gasteiger partial charge on any atom is -0.495 e. The van der Waals surface area contributed by atoms with Gasteiger partial charge in [0.05, 0.1) is 12.8 Å². The lowest BCUT2D eigenvalue weighted by atomic mass is 10.2. The number of halogens is 1. The Labute approximate surface area is 153 Å². The summed E-state index contributed by atoms with van der Waals surface area (Å²) in [4.78, 5) is 24.5. The summed E-state index contributed by atoms with van der Waals surface area (Å²) in [6, 6.07) is 11.2. The fraction of sp³-hybridized carbons (Fsp3) is 0.158. The molecule has 2 aromatic carbocycles. The van der Waals surface area contributed by atoms with E-state index in [1.807, 2.05) is 13.0 Å². The summed E-state index contributed by atoms with van der Waals surface area (Å²) in [5, 5.41) is 3.28. The Hall–Kier alpha value is -2.93. The lowest BCUT2D eigenvalue weighted by molar-refractivity contribution is -0.119. The molecule has 0 spiro atoms. The molecule has 134 valence electrons. The second kappa shape index (κ2) is 7.53. The van der Waals surface area contributed by atoms with Crippen molar-refractivity contribution in [3.05, 3.63) is 58.7 Å². The number of esters is 1. The van der Waals surface area contributed by atoms with E-state index in [4.69, 9.17) is 9.47 Å². The summed E-state index contributed by atoms with van der Waals surface area (Å²) in [6.07, 6.45) is 0. The molecule has 3 rings (SSSR count). The van der Waals surface area contributed by atoms with E-state index < -0.39 is 18.5 Å². The van der Waals surface area contributed by atoms with Gasteiger partial charge in [-0.15, -0.1) is 11.3 Å². The van der Waals surface area contributed by atoms with E-state index in [0.29, 0.717) is 21.7 Å². The van der Waals surface area contributed by atoms with Crippen molar-refractivity contribution in [1.82, 2.24) is 0 Å². The number of hydrogen-bond acceptors (Lipinski definition) is 5. The molecular weight excluding hydrogens is 357 g/mol. The third kappa shape index (κ3) is 4.00. The van der Waals surface area contributed by atoms with E-state index in [-0.39, 0.29) is 5.82 Å². The van der Waals surface area contributed by atoms with Gasteiger partial charge in [0.15, 0.2) is 6.61 Å². The zero-order valence-corrected chi connectivity index (χ0v) is 15.0. The number of nitrogens with one attached hydrogen (secondary N) is 1. The number of carbonyl (C=O) groups is 2. The van der Waals surface area contributed by atoms with Crippen molar-refractivity contribution in [3.8, 4) is 5.75 Å². The molecule has 0 aliphatic heterocycles. The number of ether oxygens (including phenoxy) is 2. The van der Waals surface area contributed by atoms with Crippen molar-refractivity contribution in [2.24, 2.45) is 0 Å². The Bertz CT molecular complexity index is 983. The number of hydrogen-bond donors (Lipinski definition) is 1. The first kappa shape index (κ1) is 17.9. The number of fused-ring (bicyclic) bond motifs is 1. The maximum atomic E-state index is 13.2. The monoisotopic (exact) mass is 373 g/mol. The van der Waals surface area contributed by atoms with Gasteiger partial charge in [0.25, 0.3) is 5.91 Å². The normalized spacial score (nSPS) is 10.6. The van der Waals surface area contributed by atoms with Crippen molar-refractivity contribution >= 4 is 39.0 Å². The number of rotatable bonds is 5. The first-order chi connectivity index (χ1) is 12.5. The summed E-state index contributed by atoms with van der Waals surface area (Å²) < 4.78 is 24.2. The quantitative estimate of drug-likeness (QED) is 0.683. The lowest BCUT2D eigenvalue weighted by Crippen LogP contribution is -2.21. The highest BCUT2D eigenvalue weighted by molar-refractivity contribution is 7.20. The van der Waals surface area contributed by atoms with Gasteiger partial charge in [-0.1, -0.05) is 6.07 Å². The number of anilines is 1. The highest BCUT2D eigenvalue weighted by Crippen LogP contribution is 2.27. The van der Waals surface area contributed by atoms with Crippen LogP contribution >= 0.6 is 11.3 Å². The van der Waals surface area contributed by atoms with Crippen LogP contribution in [0.1, 0.15) is 15.2 Å². The Morgan fingerprint density at radius 2 is 1.96 bits per heavy atom. The van der Waals surface area contributed by atoms with Gasteiger partial charge in [0.2, 0.25) is 0 Å². The van der Waals surface area contributed by atoms with Crippen molar-refractivity contribution in [2.45, 2.75) is 6.92 Å². The molecule has 1 N–H and O–H groups in total. The van der Waals surface area contributed by atoms with Gasteiger partial charge in [-0.25, -0.2) is 9.18 Å². The van der Waals surface area contributed by atoms with Crippen LogP contribution in [0.2, 0.25) is 0 Å². The van der Waals surface area contributed by atoms with E-state index >= 15 is 0 Å². The Morgan fingerprint density at radius 3 is 2.73 bits per heavy atom. The number of thiophene rings is 1. The highest BCUT2D eigenvalue weighted by atomic mass is 32.1. The summed E-state index contributed by atoms with van der Waals surface area (Å²) >= 11 is 1.18. The summed E-state index contributed by atoms with van der Waals surface area (Å²) in [6.45, 7) is 1.46. The Kier molecular flexibility index (Phi) is 5.18. The molecule has 0 radical (unpaired) electrons. The fourth-order valence-corrected chi connectivity index (χ4v) is 3.36. The van der Waals surface area contributed by atoms with Gasteiger partial charge >= 0.3 is 5.97 Å². The van der Waals surface area contributed by atoms with E-state index in [1.54, 1.807) is 24.3 Å². The molecule has 0 saturated carbocycles. The molecule has 0 atom stereocenters. The van der Waals surface area contributed by atoms with Crippen LogP contribution in [0.5, 0.6) is 5.75 Å². The molecule has 3 aromatic rings. The van der Waals surface area contributed by atoms with Crippen molar-refractivity contribution in [3.63, 3.8) is 0 Å². The van der Waals surface area contributed by atoms with Crippen molar-refractivity contribution in [1.29, 1.82) is 0 Å². The van der Waals surface area contributed by atoms with E-state index in [0.717, 1.165) is 10.3 Å². The molecule has 0 unspecified atom stereocenters. The van der Waals surface area contributed by atoms with E-state index in [9.17, 15) is 14.0 Å². The van der Waals surface area contributed by atoms with Gasteiger partial charge < -0.3 is 14.8 Å². The number of carbonyl (C=O) groups excluding carboxylic acids is 2.